The van der Waals surface area contributed by atoms with E-state index in [0.717, 1.165) is 5.69 Å². The van der Waals surface area contributed by atoms with Gasteiger partial charge < -0.3 is 0 Å². The molecule has 0 bridgehead atoms. The highest BCUT2D eigenvalue weighted by Gasteiger charge is 2.29. The zero-order valence-corrected chi connectivity index (χ0v) is 12.3. The molecule has 8 heteroatoms. The van der Waals surface area contributed by atoms with Crippen LogP contribution in [0.15, 0.2) is 46.7 Å². The summed E-state index contributed by atoms with van der Waals surface area (Å²) in [6.07, 6.45) is 1.17. The summed E-state index contributed by atoms with van der Waals surface area (Å²) < 4.78 is 26.8. The fourth-order valence-corrected chi connectivity index (χ4v) is 3.72. The van der Waals surface area contributed by atoms with Crippen LogP contribution in [0.5, 0.6) is 0 Å². The molecule has 108 valence electrons. The van der Waals surface area contributed by atoms with Crippen LogP contribution in [0.4, 0.5) is 0 Å². The fraction of sp³-hybridized carbons (Fsp3) is 0.154. The van der Waals surface area contributed by atoms with Crippen molar-refractivity contribution in [3.05, 3.63) is 48.0 Å². The molecule has 3 aromatic rings. The molecule has 0 radical (unpaired) electrons. The number of benzene rings is 1. The molecule has 0 spiro atoms. The number of H-pyrrole nitrogens is 1. The van der Waals surface area contributed by atoms with Crippen LogP contribution in [0.3, 0.4) is 0 Å². The highest BCUT2D eigenvalue weighted by atomic mass is 32.2. The lowest BCUT2D eigenvalue weighted by molar-refractivity contribution is 0.586. The van der Waals surface area contributed by atoms with Crippen molar-refractivity contribution in [3.8, 4) is 5.69 Å². The van der Waals surface area contributed by atoms with Crippen LogP contribution in [0.1, 0.15) is 11.4 Å². The number of nitrogens with one attached hydrogen (secondary N) is 1. The van der Waals surface area contributed by atoms with Crippen molar-refractivity contribution in [2.75, 3.05) is 0 Å². The van der Waals surface area contributed by atoms with E-state index in [1.807, 2.05) is 30.3 Å². The van der Waals surface area contributed by atoms with E-state index >= 15 is 0 Å². The Labute approximate surface area is 121 Å². The Morgan fingerprint density at radius 2 is 1.86 bits per heavy atom. The Morgan fingerprint density at radius 3 is 2.48 bits per heavy atom. The van der Waals surface area contributed by atoms with Crippen molar-refractivity contribution in [1.29, 1.82) is 0 Å². The highest BCUT2D eigenvalue weighted by Crippen LogP contribution is 2.26. The summed E-state index contributed by atoms with van der Waals surface area (Å²) in [6.45, 7) is 3.38. The summed E-state index contributed by atoms with van der Waals surface area (Å²) in [5.74, 6) is 0. The molecule has 1 aromatic carbocycles. The Hall–Kier alpha value is -2.48. The van der Waals surface area contributed by atoms with Crippen LogP contribution in [0, 0.1) is 13.8 Å². The molecule has 2 aromatic heterocycles. The predicted octanol–water partition coefficient (Wildman–Crippen LogP) is 1.44. The lowest BCUT2D eigenvalue weighted by Crippen LogP contribution is -2.07. The summed E-state index contributed by atoms with van der Waals surface area (Å²) in [5.41, 5.74) is 1.76. The van der Waals surface area contributed by atoms with Crippen molar-refractivity contribution in [1.82, 2.24) is 25.0 Å². The van der Waals surface area contributed by atoms with Crippen molar-refractivity contribution in [2.45, 2.75) is 23.9 Å². The molecule has 0 atom stereocenters. The molecule has 0 fully saturated rings. The number of aryl methyl sites for hydroxylation is 1. The predicted molar refractivity (Wildman–Crippen MR) is 74.9 cm³/mol. The molecule has 2 heterocycles. The Balaban J connectivity index is 2.21. The minimum atomic E-state index is -3.76. The number of hydrogen-bond donors (Lipinski definition) is 1. The van der Waals surface area contributed by atoms with E-state index in [1.165, 1.54) is 6.33 Å². The molecular formula is C13H13N5O2S. The number of hydrogen-bond acceptors (Lipinski definition) is 5. The largest absolute Gasteiger partial charge is 0.250 e. The summed E-state index contributed by atoms with van der Waals surface area (Å²) in [7, 11) is -3.76. The first kappa shape index (κ1) is 13.5. The molecule has 0 amide bonds. The van der Waals surface area contributed by atoms with E-state index in [2.05, 4.69) is 20.3 Å². The van der Waals surface area contributed by atoms with E-state index in [4.69, 9.17) is 0 Å². The quantitative estimate of drug-likeness (QED) is 0.790. The Morgan fingerprint density at radius 1 is 1.14 bits per heavy atom. The van der Waals surface area contributed by atoms with Crippen LogP contribution in [-0.2, 0) is 9.84 Å². The van der Waals surface area contributed by atoms with Gasteiger partial charge in [0.05, 0.1) is 17.1 Å². The Kier molecular flexibility index (Phi) is 3.09. The fourth-order valence-electron chi connectivity index (χ4n) is 2.26. The van der Waals surface area contributed by atoms with Crippen LogP contribution in [-0.4, -0.2) is 33.4 Å². The van der Waals surface area contributed by atoms with Gasteiger partial charge in [-0.05, 0) is 26.0 Å². The minimum absolute atomic E-state index is 0.156. The molecule has 0 aliphatic carbocycles. The normalized spacial score (nSPS) is 11.7. The second-order valence-electron chi connectivity index (χ2n) is 4.54. The zero-order chi connectivity index (χ0) is 15.0. The van der Waals surface area contributed by atoms with Crippen LogP contribution < -0.4 is 0 Å². The maximum atomic E-state index is 12.6. The summed E-state index contributed by atoms with van der Waals surface area (Å²) >= 11 is 0. The topological polar surface area (TPSA) is 93.5 Å². The third-order valence-electron chi connectivity index (χ3n) is 3.14. The second-order valence-corrected chi connectivity index (χ2v) is 6.34. The summed E-state index contributed by atoms with van der Waals surface area (Å²) in [5, 5.41) is 10.1. The van der Waals surface area contributed by atoms with Gasteiger partial charge in [0.2, 0.25) is 15.0 Å². The first-order valence-electron chi connectivity index (χ1n) is 6.24. The van der Waals surface area contributed by atoms with Gasteiger partial charge >= 0.3 is 0 Å². The molecule has 3 rings (SSSR count). The monoisotopic (exact) mass is 303 g/mol. The van der Waals surface area contributed by atoms with E-state index in [1.54, 1.807) is 18.5 Å². The number of aromatic nitrogens is 5. The second kappa shape index (κ2) is 4.81. The maximum absolute atomic E-state index is 12.6. The number of sulfone groups is 1. The van der Waals surface area contributed by atoms with Crippen molar-refractivity contribution >= 4 is 9.84 Å². The smallest absolute Gasteiger partial charge is 0.248 e. The number of nitrogens with zero attached hydrogens (tertiary/aromatic N) is 4. The average molecular weight is 303 g/mol. The standard InChI is InChI=1S/C13H13N5O2S/c1-9-12(21(19,20)13-14-8-15-16-13)10(2)18(17-9)11-6-4-3-5-7-11/h3-8H,1-2H3,(H,14,15,16). The van der Waals surface area contributed by atoms with E-state index in [-0.39, 0.29) is 10.1 Å². The van der Waals surface area contributed by atoms with Gasteiger partial charge in [0, 0.05) is 0 Å². The molecule has 0 unspecified atom stereocenters. The molecule has 0 aliphatic heterocycles. The van der Waals surface area contributed by atoms with Gasteiger partial charge in [0.25, 0.3) is 0 Å². The first-order chi connectivity index (χ1) is 10.0. The lowest BCUT2D eigenvalue weighted by atomic mass is 10.3. The first-order valence-corrected chi connectivity index (χ1v) is 7.72. The molecule has 0 saturated carbocycles. The van der Waals surface area contributed by atoms with E-state index in [0.29, 0.717) is 11.4 Å². The van der Waals surface area contributed by atoms with E-state index in [9.17, 15) is 8.42 Å². The van der Waals surface area contributed by atoms with E-state index < -0.39 is 9.84 Å². The van der Waals surface area contributed by atoms with Gasteiger partial charge in [0.15, 0.2) is 0 Å². The SMILES string of the molecule is Cc1nn(-c2ccccc2)c(C)c1S(=O)(=O)c1ncn[nH]1. The van der Waals surface area contributed by atoms with Crippen molar-refractivity contribution < 1.29 is 8.42 Å². The molecular weight excluding hydrogens is 290 g/mol. The number of aromatic amines is 1. The molecule has 0 saturated heterocycles. The molecule has 0 aliphatic rings. The molecule has 1 N–H and O–H groups in total. The average Bonchev–Trinajstić information content (AvgIpc) is 3.08. The van der Waals surface area contributed by atoms with Gasteiger partial charge in [-0.1, -0.05) is 18.2 Å². The lowest BCUT2D eigenvalue weighted by Gasteiger charge is -2.04. The van der Waals surface area contributed by atoms with Crippen LogP contribution in [0.25, 0.3) is 5.69 Å². The van der Waals surface area contributed by atoms with Gasteiger partial charge in [-0.3, -0.25) is 0 Å². The highest BCUT2D eigenvalue weighted by molar-refractivity contribution is 7.91. The van der Waals surface area contributed by atoms with Crippen molar-refractivity contribution in [2.24, 2.45) is 0 Å². The third kappa shape index (κ3) is 2.13. The Bertz CT molecular complexity index is 867. The van der Waals surface area contributed by atoms with Gasteiger partial charge in [-0.15, -0.1) is 0 Å². The van der Waals surface area contributed by atoms with Gasteiger partial charge in [-0.25, -0.2) is 23.2 Å². The number of rotatable bonds is 3. The zero-order valence-electron chi connectivity index (χ0n) is 11.5. The minimum Gasteiger partial charge on any atom is -0.250 e. The molecule has 7 nitrogen and oxygen atoms in total. The third-order valence-corrected chi connectivity index (χ3v) is 4.98. The maximum Gasteiger partial charge on any atom is 0.248 e. The van der Waals surface area contributed by atoms with Crippen LogP contribution in [0.2, 0.25) is 0 Å². The van der Waals surface area contributed by atoms with Gasteiger partial charge in [-0.2, -0.15) is 10.2 Å². The summed E-state index contributed by atoms with van der Waals surface area (Å²) in [4.78, 5) is 3.89. The summed E-state index contributed by atoms with van der Waals surface area (Å²) in [6, 6.07) is 9.36. The number of para-hydroxylation sites is 1. The molecule has 21 heavy (non-hydrogen) atoms. The van der Waals surface area contributed by atoms with Gasteiger partial charge in [0.1, 0.15) is 11.2 Å². The van der Waals surface area contributed by atoms with Crippen LogP contribution >= 0.6 is 0 Å². The van der Waals surface area contributed by atoms with Crippen molar-refractivity contribution in [3.63, 3.8) is 0 Å².